The molecule has 0 aliphatic heterocycles. The Bertz CT molecular complexity index is 827. The van der Waals surface area contributed by atoms with Crippen molar-refractivity contribution in [2.24, 2.45) is 5.16 Å². The fourth-order valence-electron chi connectivity index (χ4n) is 1.82. The first-order valence-corrected chi connectivity index (χ1v) is 7.35. The number of nitrogens with zero attached hydrogens (tertiary/aromatic N) is 3. The second-order valence-electron chi connectivity index (χ2n) is 4.82. The Morgan fingerprint density at radius 2 is 1.93 bits per heavy atom. The predicted octanol–water partition coefficient (Wildman–Crippen LogP) is 2.89. The van der Waals surface area contributed by atoms with E-state index in [0.717, 1.165) is 19.4 Å². The number of hydrogen-bond acceptors (Lipinski definition) is 8. The molecule has 0 saturated heterocycles. The van der Waals surface area contributed by atoms with E-state index in [4.69, 9.17) is 4.74 Å². The van der Waals surface area contributed by atoms with Gasteiger partial charge in [0.15, 0.2) is 0 Å². The molecular weight excluding hydrogens is 371 g/mol. The van der Waals surface area contributed by atoms with Crippen LogP contribution in [0.2, 0.25) is 0 Å². The number of rotatable bonds is 6. The first-order chi connectivity index (χ1) is 12.8. The van der Waals surface area contributed by atoms with E-state index < -0.39 is 23.9 Å². The van der Waals surface area contributed by atoms with Crippen LogP contribution in [0.5, 0.6) is 17.6 Å². The summed E-state index contributed by atoms with van der Waals surface area (Å²) in [6.45, 7) is 0. The number of carbonyl (C=O) groups is 1. The maximum Gasteiger partial charge on any atom is 0.472 e. The molecule has 0 aliphatic carbocycles. The van der Waals surface area contributed by atoms with Crippen LogP contribution >= 0.6 is 0 Å². The highest BCUT2D eigenvalue weighted by atomic mass is 19.4. The third kappa shape index (κ3) is 5.83. The van der Waals surface area contributed by atoms with Gasteiger partial charge in [0, 0.05) is 17.8 Å². The highest BCUT2D eigenvalue weighted by molar-refractivity contribution is 5.83. The van der Waals surface area contributed by atoms with E-state index in [-0.39, 0.29) is 18.2 Å². The highest BCUT2D eigenvalue weighted by Crippen LogP contribution is 2.25. The molecule has 0 saturated carbocycles. The Balaban J connectivity index is 2.22. The molecule has 0 N–H and O–H groups in total. The zero-order chi connectivity index (χ0) is 19.9. The van der Waals surface area contributed by atoms with Gasteiger partial charge in [-0.2, -0.15) is 18.2 Å². The Hall–Kier alpha value is -3.37. The minimum Gasteiger partial charge on any atom is -0.469 e. The summed E-state index contributed by atoms with van der Waals surface area (Å²) >= 11 is 0. The summed E-state index contributed by atoms with van der Waals surface area (Å²) in [5.74, 6) is -2.35. The lowest BCUT2D eigenvalue weighted by Gasteiger charge is -2.11. The molecule has 2 aromatic rings. The molecule has 2 rings (SSSR count). The zero-order valence-corrected chi connectivity index (χ0v) is 14.2. The van der Waals surface area contributed by atoms with Gasteiger partial charge >= 0.3 is 24.1 Å². The van der Waals surface area contributed by atoms with E-state index in [9.17, 15) is 18.0 Å². The number of benzene rings is 1. The first kappa shape index (κ1) is 19.9. The number of esters is 1. The minimum atomic E-state index is -4.88. The second-order valence-corrected chi connectivity index (χ2v) is 4.82. The van der Waals surface area contributed by atoms with Gasteiger partial charge in [0.2, 0.25) is 5.88 Å². The van der Waals surface area contributed by atoms with Gasteiger partial charge in [0.1, 0.15) is 12.9 Å². The van der Waals surface area contributed by atoms with E-state index in [1.54, 1.807) is 24.3 Å². The van der Waals surface area contributed by atoms with Crippen LogP contribution in [-0.4, -0.2) is 42.2 Å². The third-order valence-corrected chi connectivity index (χ3v) is 2.96. The van der Waals surface area contributed by atoms with Crippen molar-refractivity contribution in [2.45, 2.75) is 12.6 Å². The normalized spacial score (nSPS) is 11.7. The standard InChI is InChI=1S/C16H14F3N3O5/c1-24-13(23)9-10-5-3-4-6-11(10)26-15-20-8-7-12(21-15)27-14(22-25-2)16(17,18)19/h3-8H,9H2,1-2H3/b22-14+. The molecule has 0 aliphatic rings. The molecule has 0 atom stereocenters. The van der Waals surface area contributed by atoms with Crippen LogP contribution < -0.4 is 9.47 Å². The van der Waals surface area contributed by atoms with Crippen molar-refractivity contribution < 1.29 is 37.0 Å². The third-order valence-electron chi connectivity index (χ3n) is 2.96. The molecule has 0 radical (unpaired) electrons. The van der Waals surface area contributed by atoms with Gasteiger partial charge in [-0.3, -0.25) is 4.79 Å². The largest absolute Gasteiger partial charge is 0.472 e. The average molecular weight is 385 g/mol. The Kier molecular flexibility index (Phi) is 6.52. The summed E-state index contributed by atoms with van der Waals surface area (Å²) in [6.07, 6.45) is -3.81. The fourth-order valence-corrected chi connectivity index (χ4v) is 1.82. The van der Waals surface area contributed by atoms with E-state index in [1.165, 1.54) is 7.11 Å². The summed E-state index contributed by atoms with van der Waals surface area (Å²) in [7, 11) is 2.19. The van der Waals surface area contributed by atoms with Crippen molar-refractivity contribution >= 4 is 11.9 Å². The van der Waals surface area contributed by atoms with Crippen LogP contribution in [0, 0.1) is 0 Å². The van der Waals surface area contributed by atoms with Crippen LogP contribution in [-0.2, 0) is 20.8 Å². The van der Waals surface area contributed by atoms with Gasteiger partial charge in [-0.1, -0.05) is 18.2 Å². The van der Waals surface area contributed by atoms with E-state index >= 15 is 0 Å². The van der Waals surface area contributed by atoms with Gasteiger partial charge in [-0.05, 0) is 11.2 Å². The van der Waals surface area contributed by atoms with Gasteiger partial charge in [0.05, 0.1) is 13.5 Å². The number of methoxy groups -OCH3 is 1. The SMILES string of the molecule is CO/N=C(/Oc1ccnc(Oc2ccccc2CC(=O)OC)n1)C(F)(F)F. The molecule has 1 aromatic heterocycles. The molecule has 0 bridgehead atoms. The van der Waals surface area contributed by atoms with Crippen molar-refractivity contribution in [3.63, 3.8) is 0 Å². The molecule has 1 aromatic carbocycles. The molecule has 0 spiro atoms. The Morgan fingerprint density at radius 3 is 2.59 bits per heavy atom. The molecular formula is C16H14F3N3O5. The molecule has 8 nitrogen and oxygen atoms in total. The summed E-state index contributed by atoms with van der Waals surface area (Å²) < 4.78 is 53.0. The van der Waals surface area contributed by atoms with Gasteiger partial charge in [-0.25, -0.2) is 4.98 Å². The quantitative estimate of drug-likeness (QED) is 0.327. The number of alkyl halides is 3. The molecule has 11 heteroatoms. The van der Waals surface area contributed by atoms with Gasteiger partial charge in [-0.15, -0.1) is 0 Å². The summed E-state index contributed by atoms with van der Waals surface area (Å²) in [5.41, 5.74) is 0.483. The van der Waals surface area contributed by atoms with E-state index in [2.05, 4.69) is 29.4 Å². The van der Waals surface area contributed by atoms with Crippen molar-refractivity contribution in [2.75, 3.05) is 14.2 Å². The smallest absolute Gasteiger partial charge is 0.469 e. The first-order valence-electron chi connectivity index (χ1n) is 7.35. The number of carbonyl (C=O) groups excluding carboxylic acids is 1. The molecule has 0 amide bonds. The number of aromatic nitrogens is 2. The topological polar surface area (TPSA) is 92.1 Å². The monoisotopic (exact) mass is 385 g/mol. The minimum absolute atomic E-state index is 0.0679. The molecule has 0 unspecified atom stereocenters. The molecule has 27 heavy (non-hydrogen) atoms. The second kappa shape index (κ2) is 8.83. The summed E-state index contributed by atoms with van der Waals surface area (Å²) in [5, 5.41) is 2.78. The van der Waals surface area contributed by atoms with Crippen molar-refractivity contribution in [3.8, 4) is 17.6 Å². The molecule has 1 heterocycles. The van der Waals surface area contributed by atoms with Crippen LogP contribution in [0.1, 0.15) is 5.56 Å². The highest BCUT2D eigenvalue weighted by Gasteiger charge is 2.40. The average Bonchev–Trinajstić information content (AvgIpc) is 2.62. The fraction of sp³-hybridized carbons (Fsp3) is 0.250. The van der Waals surface area contributed by atoms with E-state index in [0.29, 0.717) is 5.56 Å². The summed E-state index contributed by atoms with van der Waals surface area (Å²) in [4.78, 5) is 23.1. The van der Waals surface area contributed by atoms with Crippen LogP contribution in [0.3, 0.4) is 0 Å². The zero-order valence-electron chi connectivity index (χ0n) is 14.2. The molecule has 144 valence electrons. The lowest BCUT2D eigenvalue weighted by Crippen LogP contribution is -2.29. The summed E-state index contributed by atoms with van der Waals surface area (Å²) in [6, 6.07) is 7.29. The number of ether oxygens (including phenoxy) is 3. The number of halogens is 3. The number of hydrogen-bond donors (Lipinski definition) is 0. The predicted molar refractivity (Wildman–Crippen MR) is 85.4 cm³/mol. The van der Waals surface area contributed by atoms with Crippen molar-refractivity contribution in [1.29, 1.82) is 0 Å². The Labute approximate surface area is 151 Å². The Morgan fingerprint density at radius 1 is 1.19 bits per heavy atom. The lowest BCUT2D eigenvalue weighted by atomic mass is 10.1. The van der Waals surface area contributed by atoms with E-state index in [1.807, 2.05) is 0 Å². The molecule has 0 fully saturated rings. The maximum absolute atomic E-state index is 12.8. The lowest BCUT2D eigenvalue weighted by molar-refractivity contribution is -0.139. The van der Waals surface area contributed by atoms with Crippen molar-refractivity contribution in [1.82, 2.24) is 9.97 Å². The number of para-hydroxylation sites is 1. The number of oxime groups is 1. The van der Waals surface area contributed by atoms with Gasteiger partial charge in [0.25, 0.3) is 0 Å². The maximum atomic E-state index is 12.8. The van der Waals surface area contributed by atoms with Crippen LogP contribution in [0.15, 0.2) is 41.7 Å². The van der Waals surface area contributed by atoms with Crippen molar-refractivity contribution in [3.05, 3.63) is 42.1 Å². The van der Waals surface area contributed by atoms with Gasteiger partial charge < -0.3 is 19.0 Å². The van der Waals surface area contributed by atoms with Crippen LogP contribution in [0.25, 0.3) is 0 Å². The van der Waals surface area contributed by atoms with Crippen LogP contribution in [0.4, 0.5) is 13.2 Å².